The fourth-order valence-corrected chi connectivity index (χ4v) is 2.07. The molecule has 1 saturated heterocycles. The third-order valence-corrected chi connectivity index (χ3v) is 3.03. The highest BCUT2D eigenvalue weighted by atomic mass is 16.5. The van der Waals surface area contributed by atoms with Gasteiger partial charge in [-0.2, -0.15) is 0 Å². The second-order valence-electron chi connectivity index (χ2n) is 4.07. The molecule has 1 fully saturated rings. The predicted molar refractivity (Wildman–Crippen MR) is 64.7 cm³/mol. The molecular formula is C13H17NO3. The first-order valence-corrected chi connectivity index (χ1v) is 5.77. The molecule has 4 heteroatoms. The lowest BCUT2D eigenvalue weighted by molar-refractivity contribution is 0.0789. The summed E-state index contributed by atoms with van der Waals surface area (Å²) in [7, 11) is 3.16. The van der Waals surface area contributed by atoms with Gasteiger partial charge in [-0.1, -0.05) is 0 Å². The van der Waals surface area contributed by atoms with Crippen molar-refractivity contribution in [1.82, 2.24) is 4.90 Å². The number of hydrogen-bond donors (Lipinski definition) is 0. The number of carbonyl (C=O) groups excluding carboxylic acids is 1. The van der Waals surface area contributed by atoms with Crippen LogP contribution in [0.15, 0.2) is 18.2 Å². The van der Waals surface area contributed by atoms with E-state index in [1.807, 2.05) is 4.90 Å². The van der Waals surface area contributed by atoms with Crippen molar-refractivity contribution in [3.63, 3.8) is 0 Å². The molecule has 0 saturated carbocycles. The molecule has 0 bridgehead atoms. The quantitative estimate of drug-likeness (QED) is 0.803. The Morgan fingerprint density at radius 1 is 1.18 bits per heavy atom. The van der Waals surface area contributed by atoms with Crippen molar-refractivity contribution < 1.29 is 14.3 Å². The Kier molecular flexibility index (Phi) is 3.52. The lowest BCUT2D eigenvalue weighted by Crippen LogP contribution is -2.27. The fraction of sp³-hybridized carbons (Fsp3) is 0.462. The van der Waals surface area contributed by atoms with Gasteiger partial charge in [-0.3, -0.25) is 4.79 Å². The van der Waals surface area contributed by atoms with E-state index in [4.69, 9.17) is 9.47 Å². The van der Waals surface area contributed by atoms with Crippen LogP contribution in [0.4, 0.5) is 0 Å². The molecule has 0 spiro atoms. The first-order valence-electron chi connectivity index (χ1n) is 5.77. The summed E-state index contributed by atoms with van der Waals surface area (Å²) >= 11 is 0. The van der Waals surface area contributed by atoms with E-state index in [0.717, 1.165) is 25.9 Å². The number of nitrogens with zero attached hydrogens (tertiary/aromatic N) is 1. The van der Waals surface area contributed by atoms with Gasteiger partial charge in [0.05, 0.1) is 19.8 Å². The predicted octanol–water partition coefficient (Wildman–Crippen LogP) is 1.94. The number of carbonyl (C=O) groups is 1. The van der Waals surface area contributed by atoms with Crippen LogP contribution in [0.2, 0.25) is 0 Å². The molecule has 1 aromatic carbocycles. The zero-order valence-electron chi connectivity index (χ0n) is 10.2. The van der Waals surface area contributed by atoms with Crippen LogP contribution in [0, 0.1) is 0 Å². The Labute approximate surface area is 101 Å². The van der Waals surface area contributed by atoms with Gasteiger partial charge >= 0.3 is 0 Å². The van der Waals surface area contributed by atoms with Crippen LogP contribution in [-0.2, 0) is 0 Å². The molecular weight excluding hydrogens is 218 g/mol. The fourth-order valence-electron chi connectivity index (χ4n) is 2.07. The summed E-state index contributed by atoms with van der Waals surface area (Å²) in [6, 6.07) is 5.29. The number of amides is 1. The van der Waals surface area contributed by atoms with E-state index in [9.17, 15) is 4.79 Å². The van der Waals surface area contributed by atoms with Crippen molar-refractivity contribution in [3.8, 4) is 11.5 Å². The largest absolute Gasteiger partial charge is 0.497 e. The molecule has 0 atom stereocenters. The Hall–Kier alpha value is -1.71. The van der Waals surface area contributed by atoms with Crippen molar-refractivity contribution in [2.45, 2.75) is 12.8 Å². The van der Waals surface area contributed by atoms with E-state index in [1.54, 1.807) is 32.4 Å². The second-order valence-corrected chi connectivity index (χ2v) is 4.07. The second kappa shape index (κ2) is 5.08. The molecule has 92 valence electrons. The molecule has 0 N–H and O–H groups in total. The zero-order chi connectivity index (χ0) is 12.3. The number of ether oxygens (including phenoxy) is 2. The zero-order valence-corrected chi connectivity index (χ0v) is 10.2. The van der Waals surface area contributed by atoms with E-state index in [1.165, 1.54) is 0 Å². The van der Waals surface area contributed by atoms with Crippen LogP contribution in [0.3, 0.4) is 0 Å². The average molecular weight is 235 g/mol. The van der Waals surface area contributed by atoms with Crippen LogP contribution >= 0.6 is 0 Å². The summed E-state index contributed by atoms with van der Waals surface area (Å²) in [5, 5.41) is 0. The first kappa shape index (κ1) is 11.8. The van der Waals surface area contributed by atoms with E-state index in [2.05, 4.69) is 0 Å². The van der Waals surface area contributed by atoms with E-state index in [0.29, 0.717) is 17.1 Å². The van der Waals surface area contributed by atoms with Gasteiger partial charge in [0, 0.05) is 19.2 Å². The van der Waals surface area contributed by atoms with E-state index in [-0.39, 0.29) is 5.91 Å². The van der Waals surface area contributed by atoms with Crippen molar-refractivity contribution in [2.24, 2.45) is 0 Å². The van der Waals surface area contributed by atoms with Gasteiger partial charge in [0.2, 0.25) is 0 Å². The minimum absolute atomic E-state index is 0.0435. The Morgan fingerprint density at radius 2 is 1.88 bits per heavy atom. The number of hydrogen-bond acceptors (Lipinski definition) is 3. The lowest BCUT2D eigenvalue weighted by atomic mass is 10.1. The maximum Gasteiger partial charge on any atom is 0.257 e. The highest BCUT2D eigenvalue weighted by Gasteiger charge is 2.22. The topological polar surface area (TPSA) is 38.8 Å². The molecule has 0 aliphatic carbocycles. The summed E-state index contributed by atoms with van der Waals surface area (Å²) < 4.78 is 10.4. The molecule has 0 radical (unpaired) electrons. The van der Waals surface area contributed by atoms with Gasteiger partial charge in [-0.25, -0.2) is 0 Å². The van der Waals surface area contributed by atoms with Crippen molar-refractivity contribution in [1.29, 1.82) is 0 Å². The third kappa shape index (κ3) is 2.35. The average Bonchev–Trinajstić information content (AvgIpc) is 2.91. The summed E-state index contributed by atoms with van der Waals surface area (Å²) in [5.74, 6) is 1.31. The van der Waals surface area contributed by atoms with E-state index < -0.39 is 0 Å². The SMILES string of the molecule is COc1ccc(C(=O)N2CCCC2)c(OC)c1. The van der Waals surface area contributed by atoms with Crippen molar-refractivity contribution in [3.05, 3.63) is 23.8 Å². The standard InChI is InChI=1S/C13H17NO3/c1-16-10-5-6-11(12(9-10)17-2)13(15)14-7-3-4-8-14/h5-6,9H,3-4,7-8H2,1-2H3. The van der Waals surface area contributed by atoms with Gasteiger partial charge in [-0.15, -0.1) is 0 Å². The summed E-state index contributed by atoms with van der Waals surface area (Å²) in [4.78, 5) is 14.1. The van der Waals surface area contributed by atoms with Crippen LogP contribution in [0.25, 0.3) is 0 Å². The monoisotopic (exact) mass is 235 g/mol. The normalized spacial score (nSPS) is 14.8. The number of likely N-dealkylation sites (tertiary alicyclic amines) is 1. The smallest absolute Gasteiger partial charge is 0.257 e. The van der Waals surface area contributed by atoms with E-state index >= 15 is 0 Å². The van der Waals surface area contributed by atoms with Gasteiger partial charge in [0.25, 0.3) is 5.91 Å². The number of rotatable bonds is 3. The minimum Gasteiger partial charge on any atom is -0.497 e. The molecule has 1 heterocycles. The molecule has 1 aliphatic rings. The maximum atomic E-state index is 12.2. The number of benzene rings is 1. The van der Waals surface area contributed by atoms with Crippen LogP contribution < -0.4 is 9.47 Å². The van der Waals surface area contributed by atoms with Crippen LogP contribution in [-0.4, -0.2) is 38.1 Å². The molecule has 0 aromatic heterocycles. The molecule has 1 aromatic rings. The van der Waals surface area contributed by atoms with Gasteiger partial charge in [0.1, 0.15) is 11.5 Å². The van der Waals surface area contributed by atoms with Crippen LogP contribution in [0.5, 0.6) is 11.5 Å². The first-order chi connectivity index (χ1) is 8.26. The van der Waals surface area contributed by atoms with Gasteiger partial charge in [0.15, 0.2) is 0 Å². The highest BCUT2D eigenvalue weighted by Crippen LogP contribution is 2.26. The lowest BCUT2D eigenvalue weighted by Gasteiger charge is -2.17. The van der Waals surface area contributed by atoms with Crippen LogP contribution in [0.1, 0.15) is 23.2 Å². The summed E-state index contributed by atoms with van der Waals surface area (Å²) in [6.45, 7) is 1.68. The molecule has 17 heavy (non-hydrogen) atoms. The van der Waals surface area contributed by atoms with Gasteiger partial charge < -0.3 is 14.4 Å². The summed E-state index contributed by atoms with van der Waals surface area (Å²) in [6.07, 6.45) is 2.18. The highest BCUT2D eigenvalue weighted by molar-refractivity contribution is 5.97. The van der Waals surface area contributed by atoms with Crippen molar-refractivity contribution >= 4 is 5.91 Å². The molecule has 1 amide bonds. The maximum absolute atomic E-state index is 12.2. The van der Waals surface area contributed by atoms with Gasteiger partial charge in [-0.05, 0) is 25.0 Å². The Balaban J connectivity index is 2.27. The molecule has 1 aliphatic heterocycles. The Morgan fingerprint density at radius 3 is 2.47 bits per heavy atom. The molecule has 4 nitrogen and oxygen atoms in total. The third-order valence-electron chi connectivity index (χ3n) is 3.03. The molecule has 2 rings (SSSR count). The minimum atomic E-state index is 0.0435. The van der Waals surface area contributed by atoms with Crippen molar-refractivity contribution in [2.75, 3.05) is 27.3 Å². The Bertz CT molecular complexity index is 411. The summed E-state index contributed by atoms with van der Waals surface area (Å²) in [5.41, 5.74) is 0.607. The molecule has 0 unspecified atom stereocenters. The number of methoxy groups -OCH3 is 2.